The van der Waals surface area contributed by atoms with Crippen molar-refractivity contribution in [1.29, 1.82) is 0 Å². The Morgan fingerprint density at radius 3 is 2.45 bits per heavy atom. The summed E-state index contributed by atoms with van der Waals surface area (Å²) < 4.78 is 11.6. The first-order valence-corrected chi connectivity index (χ1v) is 10.8. The van der Waals surface area contributed by atoms with Gasteiger partial charge >= 0.3 is 11.9 Å². The second kappa shape index (κ2) is 8.98. The van der Waals surface area contributed by atoms with Crippen molar-refractivity contribution < 1.29 is 23.9 Å². The average Bonchev–Trinajstić information content (AvgIpc) is 2.69. The first-order chi connectivity index (χ1) is 13.8. The van der Waals surface area contributed by atoms with E-state index in [0.717, 1.165) is 4.47 Å². The lowest BCUT2D eigenvalue weighted by Gasteiger charge is -2.35. The first kappa shape index (κ1) is 22.0. The minimum Gasteiger partial charge on any atom is -0.468 e. The van der Waals surface area contributed by atoms with Crippen molar-refractivity contribution >= 4 is 61.2 Å². The van der Waals surface area contributed by atoms with Crippen molar-refractivity contribution in [3.05, 3.63) is 61.5 Å². The van der Waals surface area contributed by atoms with E-state index in [0.29, 0.717) is 32.8 Å². The smallest absolute Gasteiger partial charge is 0.326 e. The lowest BCUT2D eigenvalue weighted by molar-refractivity contribution is -0.158. The van der Waals surface area contributed by atoms with Crippen LogP contribution in [0.25, 0.3) is 0 Å². The van der Waals surface area contributed by atoms with Crippen LogP contribution in [0.4, 0.5) is 0 Å². The van der Waals surface area contributed by atoms with Crippen molar-refractivity contribution in [2.24, 2.45) is 11.8 Å². The highest BCUT2D eigenvalue weighted by atomic mass is 79.9. The van der Waals surface area contributed by atoms with Gasteiger partial charge < -0.3 is 9.47 Å². The number of methoxy groups -OCH3 is 1. The molecule has 8 heteroatoms. The number of esters is 2. The second-order valence-corrected chi connectivity index (χ2v) is 8.85. The summed E-state index contributed by atoms with van der Waals surface area (Å²) in [6.45, 7) is 1.85. The maximum Gasteiger partial charge on any atom is 0.326 e. The molecule has 0 saturated heterocycles. The highest BCUT2D eigenvalue weighted by molar-refractivity contribution is 9.11. The molecule has 0 amide bonds. The number of halogens is 3. The molecule has 0 fully saturated rings. The number of Topliss-reactive ketones (excluding diaryl/α,β-unsaturated/α-hetero) is 1. The van der Waals surface area contributed by atoms with Crippen molar-refractivity contribution in [3.63, 3.8) is 0 Å². The first-order valence-electron chi connectivity index (χ1n) is 8.86. The van der Waals surface area contributed by atoms with Crippen LogP contribution in [0.5, 0.6) is 5.75 Å². The van der Waals surface area contributed by atoms with E-state index in [1.807, 2.05) is 6.92 Å². The fourth-order valence-corrected chi connectivity index (χ4v) is 5.14. The number of carbonyl (C=O) groups is 3. The van der Waals surface area contributed by atoms with E-state index in [2.05, 4.69) is 31.9 Å². The highest BCUT2D eigenvalue weighted by Crippen LogP contribution is 2.48. The van der Waals surface area contributed by atoms with Gasteiger partial charge in [0.15, 0.2) is 11.7 Å². The summed E-state index contributed by atoms with van der Waals surface area (Å²) in [5.74, 6) is -3.96. The summed E-state index contributed by atoms with van der Waals surface area (Å²) in [5.41, 5.74) is 1.05. The SMILES string of the molecule is CC[C@@H](C(=O)c1ccc(Cl)cc1)[C@H]1c2cc(Br)cc(Br)c2OC(=O)[C@@H]1C(=O)OC. The largest absolute Gasteiger partial charge is 0.468 e. The van der Waals surface area contributed by atoms with Crippen LogP contribution in [-0.4, -0.2) is 24.8 Å². The van der Waals surface area contributed by atoms with Gasteiger partial charge in [-0.15, -0.1) is 0 Å². The van der Waals surface area contributed by atoms with E-state index < -0.39 is 29.7 Å². The van der Waals surface area contributed by atoms with Gasteiger partial charge in [0.2, 0.25) is 0 Å². The molecular weight excluding hydrogens is 527 g/mol. The van der Waals surface area contributed by atoms with Gasteiger partial charge in [-0.1, -0.05) is 34.5 Å². The third kappa shape index (κ3) is 4.27. The van der Waals surface area contributed by atoms with Gasteiger partial charge in [0.05, 0.1) is 11.6 Å². The molecule has 152 valence electrons. The van der Waals surface area contributed by atoms with E-state index in [1.54, 1.807) is 36.4 Å². The number of fused-ring (bicyclic) bond motifs is 1. The molecule has 0 aliphatic carbocycles. The standard InChI is InChI=1S/C21H17Br2ClO5/c1-3-13(18(25)10-4-6-12(24)7-5-10)16-14-8-11(22)9-15(23)19(14)29-21(27)17(16)20(26)28-2/h4-9,13,16-17H,3H2,1-2H3/t13-,16+,17+/m1/s1. The lowest BCUT2D eigenvalue weighted by Crippen LogP contribution is -2.42. The van der Waals surface area contributed by atoms with Gasteiger partial charge in [0.25, 0.3) is 0 Å². The molecule has 0 unspecified atom stereocenters. The number of carbonyl (C=O) groups excluding carboxylic acids is 3. The zero-order valence-corrected chi connectivity index (χ0v) is 19.5. The van der Waals surface area contributed by atoms with Gasteiger partial charge in [-0.25, -0.2) is 0 Å². The van der Waals surface area contributed by atoms with Gasteiger partial charge in [0, 0.05) is 32.5 Å². The monoisotopic (exact) mass is 542 g/mol. The Hall–Kier alpha value is -1.70. The molecule has 2 aromatic rings. The van der Waals surface area contributed by atoms with Crippen LogP contribution >= 0.6 is 43.5 Å². The number of hydrogen-bond donors (Lipinski definition) is 0. The topological polar surface area (TPSA) is 69.7 Å². The normalized spacial score (nSPS) is 19.1. The van der Waals surface area contributed by atoms with Crippen LogP contribution in [0.2, 0.25) is 5.02 Å². The number of benzene rings is 2. The Morgan fingerprint density at radius 1 is 1.21 bits per heavy atom. The highest BCUT2D eigenvalue weighted by Gasteiger charge is 2.49. The molecule has 5 nitrogen and oxygen atoms in total. The Morgan fingerprint density at radius 2 is 1.86 bits per heavy atom. The Kier molecular flexibility index (Phi) is 6.81. The molecule has 0 bridgehead atoms. The summed E-state index contributed by atoms with van der Waals surface area (Å²) >= 11 is 12.8. The van der Waals surface area contributed by atoms with Crippen molar-refractivity contribution in [3.8, 4) is 5.75 Å². The second-order valence-electron chi connectivity index (χ2n) is 6.64. The van der Waals surface area contributed by atoms with Crippen LogP contribution in [-0.2, 0) is 14.3 Å². The van der Waals surface area contributed by atoms with E-state index in [1.165, 1.54) is 7.11 Å². The zero-order chi connectivity index (χ0) is 21.3. The van der Waals surface area contributed by atoms with Crippen LogP contribution in [0.3, 0.4) is 0 Å². The molecule has 0 saturated carbocycles. The van der Waals surface area contributed by atoms with Crippen molar-refractivity contribution in [2.75, 3.05) is 7.11 Å². The molecular formula is C21H17Br2ClO5. The number of rotatable bonds is 5. The number of ketones is 1. The van der Waals surface area contributed by atoms with Gasteiger partial charge in [-0.3, -0.25) is 14.4 Å². The van der Waals surface area contributed by atoms with Crippen LogP contribution in [0, 0.1) is 11.8 Å². The molecule has 3 rings (SSSR count). The van der Waals surface area contributed by atoms with E-state index in [4.69, 9.17) is 21.1 Å². The predicted octanol–water partition coefficient (Wildman–Crippen LogP) is 5.57. The molecule has 1 heterocycles. The number of ether oxygens (including phenoxy) is 2. The Bertz CT molecular complexity index is 974. The van der Waals surface area contributed by atoms with E-state index >= 15 is 0 Å². The Balaban J connectivity index is 2.17. The van der Waals surface area contributed by atoms with Gasteiger partial charge in [0.1, 0.15) is 5.75 Å². The van der Waals surface area contributed by atoms with Crippen molar-refractivity contribution in [2.45, 2.75) is 19.3 Å². The third-order valence-electron chi connectivity index (χ3n) is 5.01. The minimum absolute atomic E-state index is 0.181. The summed E-state index contributed by atoms with van der Waals surface area (Å²) in [6, 6.07) is 10.1. The molecule has 0 spiro atoms. The maximum absolute atomic E-state index is 13.4. The molecule has 0 N–H and O–H groups in total. The zero-order valence-electron chi connectivity index (χ0n) is 15.6. The molecule has 3 atom stereocenters. The van der Waals surface area contributed by atoms with E-state index in [-0.39, 0.29) is 5.78 Å². The van der Waals surface area contributed by atoms with E-state index in [9.17, 15) is 14.4 Å². The van der Waals surface area contributed by atoms with Crippen molar-refractivity contribution in [1.82, 2.24) is 0 Å². The molecule has 0 aromatic heterocycles. The quantitative estimate of drug-likeness (QED) is 0.213. The van der Waals surface area contributed by atoms with Crippen LogP contribution in [0.15, 0.2) is 45.3 Å². The molecule has 1 aliphatic rings. The molecule has 29 heavy (non-hydrogen) atoms. The van der Waals surface area contributed by atoms with Crippen LogP contribution < -0.4 is 4.74 Å². The average molecular weight is 545 g/mol. The molecule has 0 radical (unpaired) electrons. The minimum atomic E-state index is -1.24. The maximum atomic E-state index is 13.4. The molecule has 2 aromatic carbocycles. The predicted molar refractivity (Wildman–Crippen MR) is 115 cm³/mol. The van der Waals surface area contributed by atoms with Gasteiger partial charge in [-0.05, 0) is 58.7 Å². The van der Waals surface area contributed by atoms with Gasteiger partial charge in [-0.2, -0.15) is 0 Å². The Labute approximate surface area is 190 Å². The summed E-state index contributed by atoms with van der Waals surface area (Å²) in [4.78, 5) is 38.6. The fraction of sp³-hybridized carbons (Fsp3) is 0.286. The van der Waals surface area contributed by atoms with Crippen LogP contribution in [0.1, 0.15) is 35.2 Å². The molecule has 1 aliphatic heterocycles. The lowest BCUT2D eigenvalue weighted by atomic mass is 9.71. The third-order valence-corrected chi connectivity index (χ3v) is 6.30. The summed E-state index contributed by atoms with van der Waals surface area (Å²) in [6.07, 6.45) is 0.413. The number of hydrogen-bond acceptors (Lipinski definition) is 5. The summed E-state index contributed by atoms with van der Waals surface area (Å²) in [5, 5.41) is 0.515. The summed E-state index contributed by atoms with van der Waals surface area (Å²) in [7, 11) is 1.21. The fourth-order valence-electron chi connectivity index (χ4n) is 3.68.